The minimum absolute atomic E-state index is 0.0925. The first-order chi connectivity index (χ1) is 8.22. The molecule has 17 heavy (non-hydrogen) atoms. The van der Waals surface area contributed by atoms with E-state index in [0.29, 0.717) is 18.7 Å². The van der Waals surface area contributed by atoms with Gasteiger partial charge >= 0.3 is 0 Å². The Morgan fingerprint density at radius 1 is 1.53 bits per heavy atom. The van der Waals surface area contributed by atoms with Crippen LogP contribution in [0.3, 0.4) is 0 Å². The Morgan fingerprint density at radius 2 is 2.35 bits per heavy atom. The SMILES string of the molecule is COCCNC(=O)c1ccc2ncn(C)c2c1. The lowest BCUT2D eigenvalue weighted by atomic mass is 10.2. The van der Waals surface area contributed by atoms with E-state index in [4.69, 9.17) is 4.74 Å². The summed E-state index contributed by atoms with van der Waals surface area (Å²) in [7, 11) is 3.51. The molecule has 1 aromatic heterocycles. The van der Waals surface area contributed by atoms with Crippen molar-refractivity contribution >= 4 is 16.9 Å². The second kappa shape index (κ2) is 4.97. The Bertz CT molecular complexity index is 534. The van der Waals surface area contributed by atoms with Gasteiger partial charge in [-0.15, -0.1) is 0 Å². The van der Waals surface area contributed by atoms with Gasteiger partial charge in [-0.3, -0.25) is 4.79 Å². The van der Waals surface area contributed by atoms with Crippen LogP contribution in [0.5, 0.6) is 0 Å². The van der Waals surface area contributed by atoms with Gasteiger partial charge in [0, 0.05) is 26.3 Å². The molecule has 5 nitrogen and oxygen atoms in total. The molecule has 90 valence electrons. The molecule has 0 aliphatic heterocycles. The van der Waals surface area contributed by atoms with Crippen molar-refractivity contribution in [1.29, 1.82) is 0 Å². The van der Waals surface area contributed by atoms with Crippen LogP contribution in [0.25, 0.3) is 11.0 Å². The second-order valence-electron chi connectivity index (χ2n) is 3.81. The van der Waals surface area contributed by atoms with E-state index in [0.717, 1.165) is 11.0 Å². The lowest BCUT2D eigenvalue weighted by Crippen LogP contribution is -2.26. The standard InChI is InChI=1S/C12H15N3O2/c1-15-8-14-10-4-3-9(7-11(10)15)12(16)13-5-6-17-2/h3-4,7-8H,5-6H2,1-2H3,(H,13,16). The lowest BCUT2D eigenvalue weighted by molar-refractivity contribution is 0.0937. The summed E-state index contributed by atoms with van der Waals surface area (Å²) in [6.07, 6.45) is 1.73. The number of fused-ring (bicyclic) bond motifs is 1. The number of hydrogen-bond acceptors (Lipinski definition) is 3. The Kier molecular flexibility index (Phi) is 3.39. The van der Waals surface area contributed by atoms with E-state index in [2.05, 4.69) is 10.3 Å². The average Bonchev–Trinajstić information content (AvgIpc) is 2.71. The van der Waals surface area contributed by atoms with Crippen LogP contribution in [-0.4, -0.2) is 35.7 Å². The number of carbonyl (C=O) groups is 1. The largest absolute Gasteiger partial charge is 0.383 e. The highest BCUT2D eigenvalue weighted by molar-refractivity contribution is 5.97. The molecule has 0 saturated heterocycles. The fourth-order valence-corrected chi connectivity index (χ4v) is 1.64. The molecule has 0 aliphatic rings. The van der Waals surface area contributed by atoms with E-state index in [1.807, 2.05) is 23.7 Å². The summed E-state index contributed by atoms with van der Waals surface area (Å²) in [5.41, 5.74) is 2.47. The van der Waals surface area contributed by atoms with Crippen molar-refractivity contribution in [2.45, 2.75) is 0 Å². The lowest BCUT2D eigenvalue weighted by Gasteiger charge is -2.04. The van der Waals surface area contributed by atoms with Gasteiger partial charge in [-0.25, -0.2) is 4.98 Å². The van der Waals surface area contributed by atoms with Crippen LogP contribution in [0.15, 0.2) is 24.5 Å². The summed E-state index contributed by atoms with van der Waals surface area (Å²) in [4.78, 5) is 16.0. The molecule has 0 spiro atoms. The van der Waals surface area contributed by atoms with E-state index >= 15 is 0 Å². The normalized spacial score (nSPS) is 10.7. The van der Waals surface area contributed by atoms with E-state index in [1.54, 1.807) is 19.5 Å². The van der Waals surface area contributed by atoms with Gasteiger partial charge in [-0.1, -0.05) is 0 Å². The smallest absolute Gasteiger partial charge is 0.251 e. The van der Waals surface area contributed by atoms with Crippen molar-refractivity contribution < 1.29 is 9.53 Å². The Morgan fingerprint density at radius 3 is 3.12 bits per heavy atom. The van der Waals surface area contributed by atoms with Crippen molar-refractivity contribution in [2.24, 2.45) is 7.05 Å². The van der Waals surface area contributed by atoms with Crippen LogP contribution in [-0.2, 0) is 11.8 Å². The molecular formula is C12H15N3O2. The number of imidazole rings is 1. The molecule has 0 unspecified atom stereocenters. The minimum atomic E-state index is -0.0925. The summed E-state index contributed by atoms with van der Waals surface area (Å²) in [5.74, 6) is -0.0925. The van der Waals surface area contributed by atoms with Crippen LogP contribution in [0.1, 0.15) is 10.4 Å². The third-order valence-electron chi connectivity index (χ3n) is 2.58. The van der Waals surface area contributed by atoms with E-state index in [9.17, 15) is 4.79 Å². The number of aromatic nitrogens is 2. The molecule has 5 heteroatoms. The number of hydrogen-bond donors (Lipinski definition) is 1. The topological polar surface area (TPSA) is 56.1 Å². The Balaban J connectivity index is 2.17. The van der Waals surface area contributed by atoms with E-state index < -0.39 is 0 Å². The van der Waals surface area contributed by atoms with Gasteiger partial charge in [-0.2, -0.15) is 0 Å². The highest BCUT2D eigenvalue weighted by atomic mass is 16.5. The number of carbonyl (C=O) groups excluding carboxylic acids is 1. The molecule has 0 atom stereocenters. The zero-order chi connectivity index (χ0) is 12.3. The fraction of sp³-hybridized carbons (Fsp3) is 0.333. The summed E-state index contributed by atoms with van der Waals surface area (Å²) in [5, 5.41) is 2.78. The van der Waals surface area contributed by atoms with Gasteiger partial charge in [0.25, 0.3) is 5.91 Å². The molecule has 1 aromatic carbocycles. The van der Waals surface area contributed by atoms with Crippen molar-refractivity contribution in [3.63, 3.8) is 0 Å². The molecule has 2 aromatic rings. The number of nitrogens with one attached hydrogen (secondary N) is 1. The molecule has 2 rings (SSSR count). The molecular weight excluding hydrogens is 218 g/mol. The molecule has 1 heterocycles. The highest BCUT2D eigenvalue weighted by Crippen LogP contribution is 2.13. The minimum Gasteiger partial charge on any atom is -0.383 e. The molecule has 1 N–H and O–H groups in total. The maximum absolute atomic E-state index is 11.8. The molecule has 0 radical (unpaired) electrons. The van der Waals surface area contributed by atoms with E-state index in [-0.39, 0.29) is 5.91 Å². The first-order valence-corrected chi connectivity index (χ1v) is 5.40. The Hall–Kier alpha value is -1.88. The monoisotopic (exact) mass is 233 g/mol. The number of nitrogens with zero attached hydrogens (tertiary/aromatic N) is 2. The van der Waals surface area contributed by atoms with Gasteiger partial charge in [-0.05, 0) is 18.2 Å². The highest BCUT2D eigenvalue weighted by Gasteiger charge is 2.07. The van der Waals surface area contributed by atoms with Crippen LogP contribution in [0.4, 0.5) is 0 Å². The molecule has 0 aliphatic carbocycles. The maximum atomic E-state index is 11.8. The van der Waals surface area contributed by atoms with Gasteiger partial charge in [0.05, 0.1) is 24.0 Å². The average molecular weight is 233 g/mol. The van der Waals surface area contributed by atoms with Crippen molar-refractivity contribution in [3.8, 4) is 0 Å². The van der Waals surface area contributed by atoms with Gasteiger partial charge in [0.2, 0.25) is 0 Å². The number of rotatable bonds is 4. The predicted octanol–water partition coefficient (Wildman–Crippen LogP) is 0.950. The number of methoxy groups -OCH3 is 1. The van der Waals surface area contributed by atoms with Crippen molar-refractivity contribution in [2.75, 3.05) is 20.3 Å². The molecule has 0 fully saturated rings. The summed E-state index contributed by atoms with van der Waals surface area (Å²) >= 11 is 0. The zero-order valence-corrected chi connectivity index (χ0v) is 9.93. The number of aryl methyl sites for hydroxylation is 1. The first-order valence-electron chi connectivity index (χ1n) is 5.40. The quantitative estimate of drug-likeness (QED) is 0.800. The maximum Gasteiger partial charge on any atom is 0.251 e. The van der Waals surface area contributed by atoms with E-state index in [1.165, 1.54) is 0 Å². The number of benzene rings is 1. The first kappa shape index (κ1) is 11.6. The molecule has 1 amide bonds. The fourth-order valence-electron chi connectivity index (χ4n) is 1.64. The number of amides is 1. The van der Waals surface area contributed by atoms with Crippen molar-refractivity contribution in [3.05, 3.63) is 30.1 Å². The second-order valence-corrected chi connectivity index (χ2v) is 3.81. The van der Waals surface area contributed by atoms with Crippen LogP contribution < -0.4 is 5.32 Å². The van der Waals surface area contributed by atoms with Crippen molar-refractivity contribution in [1.82, 2.24) is 14.9 Å². The molecule has 0 saturated carbocycles. The third-order valence-corrected chi connectivity index (χ3v) is 2.58. The third kappa shape index (κ3) is 2.45. The zero-order valence-electron chi connectivity index (χ0n) is 9.93. The predicted molar refractivity (Wildman–Crippen MR) is 64.9 cm³/mol. The molecule has 0 bridgehead atoms. The van der Waals surface area contributed by atoms with Crippen LogP contribution >= 0.6 is 0 Å². The number of ether oxygens (including phenoxy) is 1. The van der Waals surface area contributed by atoms with Crippen LogP contribution in [0.2, 0.25) is 0 Å². The van der Waals surface area contributed by atoms with Crippen LogP contribution in [0, 0.1) is 0 Å². The van der Waals surface area contributed by atoms with Gasteiger partial charge < -0.3 is 14.6 Å². The Labute approximate surface area is 99.4 Å². The van der Waals surface area contributed by atoms with Gasteiger partial charge in [0.15, 0.2) is 0 Å². The van der Waals surface area contributed by atoms with Gasteiger partial charge in [0.1, 0.15) is 0 Å². The summed E-state index contributed by atoms with van der Waals surface area (Å²) in [6.45, 7) is 1.03. The summed E-state index contributed by atoms with van der Waals surface area (Å²) in [6, 6.07) is 5.46. The summed E-state index contributed by atoms with van der Waals surface area (Å²) < 4.78 is 6.77.